The zero-order valence-corrected chi connectivity index (χ0v) is 11.3. The molecule has 6 heteroatoms. The van der Waals surface area contributed by atoms with Gasteiger partial charge in [-0.3, -0.25) is 14.5 Å². The average Bonchev–Trinajstić information content (AvgIpc) is 2.66. The monoisotopic (exact) mass is 317 g/mol. The van der Waals surface area contributed by atoms with Crippen LogP contribution in [0.3, 0.4) is 0 Å². The number of Topliss-reactive ketones (excluding diaryl/α,β-unsaturated/α-hetero) is 1. The molecule has 1 aromatic carbocycles. The number of carbonyl (C=O) groups is 2. The minimum Gasteiger partial charge on any atom is -0.297 e. The van der Waals surface area contributed by atoms with Crippen LogP contribution in [0.4, 0.5) is 5.69 Å². The number of ketones is 1. The second-order valence-corrected chi connectivity index (χ2v) is 4.87. The highest BCUT2D eigenvalue weighted by molar-refractivity contribution is 9.10. The molecule has 0 fully saturated rings. The van der Waals surface area contributed by atoms with E-state index in [1.165, 1.54) is 4.90 Å². The molecule has 2 aromatic rings. The number of aromatic nitrogens is 2. The highest BCUT2D eigenvalue weighted by Crippen LogP contribution is 2.34. The minimum absolute atomic E-state index is 0.189. The summed E-state index contributed by atoms with van der Waals surface area (Å²) in [6.07, 6.45) is 3.21. The predicted molar refractivity (Wildman–Crippen MR) is 71.7 cm³/mol. The van der Waals surface area contributed by atoms with Crippen molar-refractivity contribution in [3.63, 3.8) is 0 Å². The lowest BCUT2D eigenvalue weighted by Crippen LogP contribution is -2.29. The Labute approximate surface area is 117 Å². The van der Waals surface area contributed by atoms with Crippen LogP contribution in [0.15, 0.2) is 41.1 Å². The molecule has 19 heavy (non-hydrogen) atoms. The summed E-state index contributed by atoms with van der Waals surface area (Å²) in [5.41, 5.74) is 1.00. The van der Waals surface area contributed by atoms with Gasteiger partial charge in [-0.2, -0.15) is 0 Å². The molecular weight excluding hydrogens is 310 g/mol. The van der Waals surface area contributed by atoms with Crippen LogP contribution in [0.25, 0.3) is 0 Å². The molecule has 2 heterocycles. The highest BCUT2D eigenvalue weighted by Gasteiger charge is 2.37. The number of carbonyl (C=O) groups excluding carboxylic acids is 2. The molecule has 1 aliphatic rings. The molecular formula is C13H8BrN3O2. The largest absolute Gasteiger partial charge is 0.299 e. The number of hydrogen-bond donors (Lipinski definition) is 0. The quantitative estimate of drug-likeness (QED) is 0.794. The number of nitrogens with zero attached hydrogens (tertiary/aromatic N) is 3. The van der Waals surface area contributed by atoms with Crippen molar-refractivity contribution in [2.45, 2.75) is 6.54 Å². The first kappa shape index (κ1) is 12.0. The van der Waals surface area contributed by atoms with Gasteiger partial charge in [0.2, 0.25) is 0 Å². The third-order valence-electron chi connectivity index (χ3n) is 2.87. The molecule has 0 atom stereocenters. The van der Waals surface area contributed by atoms with Gasteiger partial charge in [-0.1, -0.05) is 6.07 Å². The molecule has 0 saturated carbocycles. The van der Waals surface area contributed by atoms with E-state index < -0.39 is 11.7 Å². The number of amides is 1. The maximum atomic E-state index is 12.0. The van der Waals surface area contributed by atoms with Crippen molar-refractivity contribution in [2.24, 2.45) is 0 Å². The Morgan fingerprint density at radius 1 is 1.11 bits per heavy atom. The fourth-order valence-electron chi connectivity index (χ4n) is 2.01. The third-order valence-corrected chi connectivity index (χ3v) is 3.53. The Morgan fingerprint density at radius 2 is 1.84 bits per heavy atom. The van der Waals surface area contributed by atoms with Crippen molar-refractivity contribution in [3.8, 4) is 0 Å². The number of halogens is 1. The summed E-state index contributed by atoms with van der Waals surface area (Å²) in [6.45, 7) is 0.189. The second-order valence-electron chi connectivity index (χ2n) is 4.02. The van der Waals surface area contributed by atoms with Crippen LogP contribution in [0, 0.1) is 0 Å². The molecule has 1 amide bonds. The van der Waals surface area contributed by atoms with Gasteiger partial charge in [0.1, 0.15) is 5.82 Å². The molecule has 0 unspecified atom stereocenters. The van der Waals surface area contributed by atoms with E-state index in [9.17, 15) is 9.59 Å². The van der Waals surface area contributed by atoms with Gasteiger partial charge >= 0.3 is 0 Å². The molecule has 5 nitrogen and oxygen atoms in total. The summed E-state index contributed by atoms with van der Waals surface area (Å²) in [4.78, 5) is 33.5. The molecule has 0 spiro atoms. The fraction of sp³-hybridized carbons (Fsp3) is 0.0769. The van der Waals surface area contributed by atoms with Crippen LogP contribution < -0.4 is 4.90 Å². The molecule has 3 rings (SSSR count). The van der Waals surface area contributed by atoms with Gasteiger partial charge in [0.25, 0.3) is 11.7 Å². The maximum Gasteiger partial charge on any atom is 0.299 e. The summed E-state index contributed by atoms with van der Waals surface area (Å²) in [5, 5.41) is 0. The van der Waals surface area contributed by atoms with Crippen LogP contribution in [-0.2, 0) is 11.3 Å². The van der Waals surface area contributed by atoms with Crippen molar-refractivity contribution in [3.05, 3.63) is 52.5 Å². The Hall–Kier alpha value is -2.08. The van der Waals surface area contributed by atoms with Gasteiger partial charge in [-0.25, -0.2) is 9.97 Å². The maximum absolute atomic E-state index is 12.0. The van der Waals surface area contributed by atoms with E-state index in [0.29, 0.717) is 21.5 Å². The highest BCUT2D eigenvalue weighted by atomic mass is 79.9. The van der Waals surface area contributed by atoms with E-state index >= 15 is 0 Å². The number of rotatable bonds is 2. The van der Waals surface area contributed by atoms with E-state index in [1.54, 1.807) is 36.7 Å². The predicted octanol–water partition coefficient (Wildman–Crippen LogP) is 1.97. The number of fused-ring (bicyclic) bond motifs is 1. The SMILES string of the molecule is O=C1C(=O)N(Cc2ncccn2)c2cccc(Br)c21. The summed E-state index contributed by atoms with van der Waals surface area (Å²) >= 11 is 3.30. The average molecular weight is 318 g/mol. The first-order valence-corrected chi connectivity index (χ1v) is 6.38. The van der Waals surface area contributed by atoms with Crippen molar-refractivity contribution < 1.29 is 9.59 Å². The zero-order chi connectivity index (χ0) is 13.4. The van der Waals surface area contributed by atoms with Crippen molar-refractivity contribution >= 4 is 33.3 Å². The van der Waals surface area contributed by atoms with Crippen LogP contribution in [0.5, 0.6) is 0 Å². The van der Waals surface area contributed by atoms with E-state index in [4.69, 9.17) is 0 Å². The molecule has 0 radical (unpaired) electrons. The van der Waals surface area contributed by atoms with Gasteiger partial charge in [-0.15, -0.1) is 0 Å². The zero-order valence-electron chi connectivity index (χ0n) is 9.71. The van der Waals surface area contributed by atoms with Gasteiger partial charge in [0, 0.05) is 16.9 Å². The van der Waals surface area contributed by atoms with E-state index in [1.807, 2.05) is 0 Å². The number of anilines is 1. The van der Waals surface area contributed by atoms with Gasteiger partial charge < -0.3 is 0 Å². The Bertz CT molecular complexity index is 673. The molecule has 0 N–H and O–H groups in total. The number of benzene rings is 1. The van der Waals surface area contributed by atoms with Crippen molar-refractivity contribution in [1.82, 2.24) is 9.97 Å². The van der Waals surface area contributed by atoms with Gasteiger partial charge in [0.15, 0.2) is 0 Å². The number of hydrogen-bond acceptors (Lipinski definition) is 4. The summed E-state index contributed by atoms with van der Waals surface area (Å²) in [5.74, 6) is -0.552. The van der Waals surface area contributed by atoms with Crippen molar-refractivity contribution in [2.75, 3.05) is 4.90 Å². The van der Waals surface area contributed by atoms with E-state index in [-0.39, 0.29) is 6.54 Å². The Kier molecular flexibility index (Phi) is 2.87. The standard InChI is InChI=1S/C13H8BrN3O2/c14-8-3-1-4-9-11(8)12(18)13(19)17(9)7-10-15-5-2-6-16-10/h1-6H,7H2. The Balaban J connectivity index is 2.03. The lowest BCUT2D eigenvalue weighted by atomic mass is 10.1. The van der Waals surface area contributed by atoms with E-state index in [2.05, 4.69) is 25.9 Å². The summed E-state index contributed by atoms with van der Waals surface area (Å²) in [7, 11) is 0. The van der Waals surface area contributed by atoms with Crippen LogP contribution >= 0.6 is 15.9 Å². The third kappa shape index (κ3) is 1.94. The summed E-state index contributed by atoms with van der Waals surface area (Å²) in [6, 6.07) is 6.97. The minimum atomic E-state index is -0.547. The molecule has 0 aliphatic carbocycles. The van der Waals surface area contributed by atoms with Crippen LogP contribution in [0.2, 0.25) is 0 Å². The topological polar surface area (TPSA) is 63.2 Å². The van der Waals surface area contributed by atoms with E-state index in [0.717, 1.165) is 0 Å². The first-order chi connectivity index (χ1) is 9.18. The lowest BCUT2D eigenvalue weighted by molar-refractivity contribution is -0.114. The smallest absolute Gasteiger partial charge is 0.297 e. The molecule has 1 aromatic heterocycles. The van der Waals surface area contributed by atoms with Crippen molar-refractivity contribution in [1.29, 1.82) is 0 Å². The lowest BCUT2D eigenvalue weighted by Gasteiger charge is -2.15. The fourth-order valence-corrected chi connectivity index (χ4v) is 2.55. The molecule has 0 bridgehead atoms. The van der Waals surface area contributed by atoms with Gasteiger partial charge in [-0.05, 0) is 34.1 Å². The molecule has 94 valence electrons. The normalized spacial score (nSPS) is 13.8. The molecule has 1 aliphatic heterocycles. The molecule has 0 saturated heterocycles. The second kappa shape index (κ2) is 4.55. The van der Waals surface area contributed by atoms with Crippen LogP contribution in [0.1, 0.15) is 16.2 Å². The first-order valence-electron chi connectivity index (χ1n) is 5.59. The summed E-state index contributed by atoms with van der Waals surface area (Å²) < 4.78 is 0.625. The van der Waals surface area contributed by atoms with Crippen LogP contribution in [-0.4, -0.2) is 21.7 Å². The van der Waals surface area contributed by atoms with Gasteiger partial charge in [0.05, 0.1) is 17.8 Å². The Morgan fingerprint density at radius 3 is 2.58 bits per heavy atom.